The molecule has 154 valence electrons. The van der Waals surface area contributed by atoms with E-state index in [2.05, 4.69) is 9.84 Å². The molecule has 0 spiro atoms. The van der Waals surface area contributed by atoms with E-state index in [1.54, 1.807) is 17.6 Å². The Morgan fingerprint density at radius 1 is 1.00 bits per heavy atom. The molecule has 3 aromatic rings. The van der Waals surface area contributed by atoms with Gasteiger partial charge in [-0.25, -0.2) is 5.01 Å². The van der Waals surface area contributed by atoms with Crippen LogP contribution in [0.25, 0.3) is 10.1 Å². The van der Waals surface area contributed by atoms with Gasteiger partial charge in [0.15, 0.2) is 0 Å². The number of hydrogen-bond acceptors (Lipinski definition) is 5. The van der Waals surface area contributed by atoms with Crippen LogP contribution in [0.15, 0.2) is 59.0 Å². The first-order chi connectivity index (χ1) is 14.3. The van der Waals surface area contributed by atoms with Crippen LogP contribution >= 0.6 is 11.3 Å². The lowest BCUT2D eigenvalue weighted by atomic mass is 10.2. The van der Waals surface area contributed by atoms with Crippen molar-refractivity contribution in [2.24, 2.45) is 5.10 Å². The maximum Gasteiger partial charge on any atom is 0.573 e. The van der Waals surface area contributed by atoms with Gasteiger partial charge in [-0.15, -0.1) is 24.5 Å². The number of piperazine rings is 1. The van der Waals surface area contributed by atoms with Crippen molar-refractivity contribution in [2.75, 3.05) is 18.0 Å². The van der Waals surface area contributed by atoms with E-state index in [1.165, 1.54) is 17.0 Å². The highest BCUT2D eigenvalue weighted by Gasteiger charge is 2.32. The standard InChI is InChI=1S/C20H14F3N3O3S/c21-20(22,23)29-15-7-5-14(6-8-15)25-10-19(28)26(11-18(25)27)24-9-13-12-30-17-4-2-1-3-16(13)17/h1-9,12H,10-11H2/b24-9+. The van der Waals surface area contributed by atoms with Crippen molar-refractivity contribution in [3.63, 3.8) is 0 Å². The Kier molecular flexibility index (Phi) is 5.17. The van der Waals surface area contributed by atoms with Gasteiger partial charge in [0.25, 0.3) is 5.91 Å². The summed E-state index contributed by atoms with van der Waals surface area (Å²) >= 11 is 1.55. The molecular formula is C20H14F3N3O3S. The van der Waals surface area contributed by atoms with E-state index in [9.17, 15) is 22.8 Å². The largest absolute Gasteiger partial charge is 0.573 e. The summed E-state index contributed by atoms with van der Waals surface area (Å²) in [6.45, 7) is -0.530. The molecule has 1 aliphatic rings. The molecule has 2 heterocycles. The molecule has 10 heteroatoms. The second-order valence-corrected chi connectivity index (χ2v) is 7.32. The van der Waals surface area contributed by atoms with Crippen LogP contribution in [0.3, 0.4) is 0 Å². The molecule has 1 fully saturated rings. The molecule has 30 heavy (non-hydrogen) atoms. The van der Waals surface area contributed by atoms with Crippen LogP contribution in [-0.2, 0) is 9.59 Å². The molecule has 1 aromatic heterocycles. The second-order valence-electron chi connectivity index (χ2n) is 6.40. The quantitative estimate of drug-likeness (QED) is 0.584. The molecule has 0 N–H and O–H groups in total. The smallest absolute Gasteiger partial charge is 0.406 e. The third-order valence-corrected chi connectivity index (χ3v) is 5.38. The Morgan fingerprint density at radius 3 is 2.47 bits per heavy atom. The topological polar surface area (TPSA) is 62.2 Å². The van der Waals surface area contributed by atoms with Crippen LogP contribution in [0.4, 0.5) is 18.9 Å². The molecule has 2 amide bonds. The van der Waals surface area contributed by atoms with Crippen LogP contribution in [0, 0.1) is 0 Å². The molecular weight excluding hydrogens is 419 g/mol. The van der Waals surface area contributed by atoms with Gasteiger partial charge in [0, 0.05) is 26.7 Å². The van der Waals surface area contributed by atoms with Gasteiger partial charge in [0.1, 0.15) is 18.8 Å². The lowest BCUT2D eigenvalue weighted by molar-refractivity contribution is -0.274. The number of alkyl halides is 3. The van der Waals surface area contributed by atoms with E-state index < -0.39 is 23.9 Å². The highest BCUT2D eigenvalue weighted by Crippen LogP contribution is 2.27. The van der Waals surface area contributed by atoms with Gasteiger partial charge in [0.2, 0.25) is 5.91 Å². The van der Waals surface area contributed by atoms with Gasteiger partial charge in [-0.2, -0.15) is 5.10 Å². The van der Waals surface area contributed by atoms with Gasteiger partial charge in [-0.1, -0.05) is 18.2 Å². The van der Waals surface area contributed by atoms with Crippen molar-refractivity contribution in [1.29, 1.82) is 0 Å². The molecule has 1 aliphatic heterocycles. The molecule has 0 aliphatic carbocycles. The zero-order valence-electron chi connectivity index (χ0n) is 15.3. The number of nitrogens with zero attached hydrogens (tertiary/aromatic N) is 3. The summed E-state index contributed by atoms with van der Waals surface area (Å²) in [7, 11) is 0. The van der Waals surface area contributed by atoms with Gasteiger partial charge in [-0.3, -0.25) is 9.59 Å². The number of benzene rings is 2. The molecule has 0 unspecified atom stereocenters. The Morgan fingerprint density at radius 2 is 1.73 bits per heavy atom. The average Bonchev–Trinajstić information content (AvgIpc) is 3.11. The predicted octanol–water partition coefficient (Wildman–Crippen LogP) is 4.01. The number of hydrogen-bond donors (Lipinski definition) is 0. The molecule has 6 nitrogen and oxygen atoms in total. The molecule has 0 radical (unpaired) electrons. The van der Waals surface area contributed by atoms with Crippen LogP contribution in [0.5, 0.6) is 5.75 Å². The zero-order valence-corrected chi connectivity index (χ0v) is 16.1. The summed E-state index contributed by atoms with van der Waals surface area (Å²) in [5, 5.41) is 8.17. The first kappa shape index (κ1) is 19.9. The van der Waals surface area contributed by atoms with Gasteiger partial charge in [0.05, 0.1) is 6.21 Å². The third kappa shape index (κ3) is 4.28. The van der Waals surface area contributed by atoms with Gasteiger partial charge < -0.3 is 9.64 Å². The normalized spacial score (nSPS) is 15.4. The molecule has 0 bridgehead atoms. The van der Waals surface area contributed by atoms with Crippen molar-refractivity contribution >= 4 is 45.1 Å². The van der Waals surface area contributed by atoms with Crippen molar-refractivity contribution in [3.8, 4) is 5.75 Å². The van der Waals surface area contributed by atoms with E-state index in [1.807, 2.05) is 29.6 Å². The monoisotopic (exact) mass is 433 g/mol. The number of thiophene rings is 1. The van der Waals surface area contributed by atoms with E-state index in [-0.39, 0.29) is 13.1 Å². The number of amides is 2. The number of rotatable bonds is 4. The van der Waals surface area contributed by atoms with Crippen molar-refractivity contribution in [3.05, 3.63) is 59.5 Å². The van der Waals surface area contributed by atoms with Crippen LogP contribution in [0.2, 0.25) is 0 Å². The molecule has 0 saturated carbocycles. The number of carbonyl (C=O) groups excluding carboxylic acids is 2. The fourth-order valence-corrected chi connectivity index (χ4v) is 3.92. The predicted molar refractivity (Wildman–Crippen MR) is 107 cm³/mol. The highest BCUT2D eigenvalue weighted by molar-refractivity contribution is 7.17. The Bertz CT molecular complexity index is 1130. The number of halogens is 3. The van der Waals surface area contributed by atoms with E-state index >= 15 is 0 Å². The average molecular weight is 433 g/mol. The number of ether oxygens (including phenoxy) is 1. The molecule has 0 atom stereocenters. The highest BCUT2D eigenvalue weighted by atomic mass is 32.1. The maximum atomic E-state index is 12.5. The minimum Gasteiger partial charge on any atom is -0.406 e. The Balaban J connectivity index is 1.45. The van der Waals surface area contributed by atoms with Gasteiger partial charge >= 0.3 is 6.36 Å². The summed E-state index contributed by atoms with van der Waals surface area (Å²) in [6, 6.07) is 12.5. The van der Waals surface area contributed by atoms with Crippen LogP contribution < -0.4 is 9.64 Å². The Labute approximate surface area is 172 Å². The van der Waals surface area contributed by atoms with Crippen molar-refractivity contribution in [1.82, 2.24) is 5.01 Å². The fourth-order valence-electron chi connectivity index (χ4n) is 3.01. The molecule has 1 saturated heterocycles. The van der Waals surface area contributed by atoms with E-state index in [0.29, 0.717) is 5.69 Å². The number of fused-ring (bicyclic) bond motifs is 1. The second kappa shape index (κ2) is 7.79. The Hall–Kier alpha value is -3.40. The lowest BCUT2D eigenvalue weighted by Crippen LogP contribution is -2.52. The summed E-state index contributed by atoms with van der Waals surface area (Å²) in [5.74, 6) is -1.20. The first-order valence-electron chi connectivity index (χ1n) is 8.77. The minimum atomic E-state index is -4.80. The molecule has 2 aromatic carbocycles. The summed E-state index contributed by atoms with van der Waals surface area (Å²) in [5.41, 5.74) is 1.15. The SMILES string of the molecule is O=C1CN(c2ccc(OC(F)(F)F)cc2)C(=O)CN1/N=C/c1csc2ccccc12. The third-order valence-electron chi connectivity index (χ3n) is 4.40. The van der Waals surface area contributed by atoms with Crippen molar-refractivity contribution in [2.45, 2.75) is 6.36 Å². The minimum absolute atomic E-state index is 0.264. The zero-order chi connectivity index (χ0) is 21.3. The van der Waals surface area contributed by atoms with Crippen LogP contribution in [0.1, 0.15) is 5.56 Å². The molecule has 4 rings (SSSR count). The van der Waals surface area contributed by atoms with Gasteiger partial charge in [-0.05, 0) is 30.3 Å². The lowest BCUT2D eigenvalue weighted by Gasteiger charge is -2.31. The summed E-state index contributed by atoms with van der Waals surface area (Å²) in [6.07, 6.45) is -3.26. The van der Waals surface area contributed by atoms with Crippen molar-refractivity contribution < 1.29 is 27.5 Å². The van der Waals surface area contributed by atoms with Crippen LogP contribution in [-0.4, -0.2) is 42.5 Å². The van der Waals surface area contributed by atoms with E-state index in [0.717, 1.165) is 32.8 Å². The van der Waals surface area contributed by atoms with E-state index in [4.69, 9.17) is 0 Å². The fraction of sp³-hybridized carbons (Fsp3) is 0.150. The maximum absolute atomic E-state index is 12.5. The number of anilines is 1. The summed E-state index contributed by atoms with van der Waals surface area (Å²) < 4.78 is 41.7. The first-order valence-corrected chi connectivity index (χ1v) is 9.65. The number of hydrazone groups is 1. The number of carbonyl (C=O) groups is 2. The summed E-state index contributed by atoms with van der Waals surface area (Å²) in [4.78, 5) is 26.1.